The molecule has 5 nitrogen and oxygen atoms in total. The number of aromatic nitrogens is 5. The summed E-state index contributed by atoms with van der Waals surface area (Å²) >= 11 is 0. The molecule has 11 rings (SSSR count). The molecule has 0 unspecified atom stereocenters. The van der Waals surface area contributed by atoms with Gasteiger partial charge in [0, 0.05) is 34.0 Å². The van der Waals surface area contributed by atoms with E-state index in [9.17, 15) is 0 Å². The van der Waals surface area contributed by atoms with Crippen LogP contribution in [0.2, 0.25) is 0 Å². The van der Waals surface area contributed by atoms with Gasteiger partial charge in [0.2, 0.25) is 0 Å². The van der Waals surface area contributed by atoms with Crippen molar-refractivity contribution in [1.29, 1.82) is 0 Å². The number of hydrogen-bond acceptors (Lipinski definition) is 5. The molecular weight excluding hydrogens is 719 g/mol. The maximum Gasteiger partial charge on any atom is 0.164 e. The molecule has 10 aromatic rings. The minimum absolute atomic E-state index is 0.605. The largest absolute Gasteiger partial charge is 0.236 e. The number of nitrogens with zero attached hydrogens (tertiary/aromatic N) is 5. The lowest BCUT2D eigenvalue weighted by atomic mass is 9.69. The summed E-state index contributed by atoms with van der Waals surface area (Å²) in [4.78, 5) is 25.4. The van der Waals surface area contributed by atoms with Crippen molar-refractivity contribution in [2.75, 3.05) is 0 Å². The van der Waals surface area contributed by atoms with Crippen LogP contribution in [-0.2, 0) is 5.41 Å². The summed E-state index contributed by atoms with van der Waals surface area (Å²) in [7, 11) is 0. The van der Waals surface area contributed by atoms with Crippen molar-refractivity contribution in [2.24, 2.45) is 0 Å². The topological polar surface area (TPSA) is 64.5 Å². The molecule has 0 fully saturated rings. The van der Waals surface area contributed by atoms with Crippen molar-refractivity contribution in [3.8, 4) is 67.8 Å². The monoisotopic (exact) mass is 753 g/mol. The third-order valence-corrected chi connectivity index (χ3v) is 11.5. The smallest absolute Gasteiger partial charge is 0.164 e. The average Bonchev–Trinajstić information content (AvgIpc) is 3.62. The van der Waals surface area contributed by atoms with E-state index in [1.54, 1.807) is 0 Å². The zero-order valence-corrected chi connectivity index (χ0v) is 31.9. The third kappa shape index (κ3) is 5.74. The molecule has 1 aliphatic carbocycles. The van der Waals surface area contributed by atoms with Crippen LogP contribution in [0.5, 0.6) is 0 Å². The Balaban J connectivity index is 1.02. The van der Waals surface area contributed by atoms with E-state index < -0.39 is 5.41 Å². The lowest BCUT2D eigenvalue weighted by Crippen LogP contribution is -2.29. The van der Waals surface area contributed by atoms with E-state index in [0.717, 1.165) is 61.0 Å². The molecule has 2 aromatic heterocycles. The fraction of sp³-hybridized carbons (Fsp3) is 0.0185. The average molecular weight is 754 g/mol. The van der Waals surface area contributed by atoms with Crippen molar-refractivity contribution >= 4 is 10.8 Å². The van der Waals surface area contributed by atoms with Crippen molar-refractivity contribution in [3.63, 3.8) is 0 Å². The Morgan fingerprint density at radius 1 is 0.288 bits per heavy atom. The molecule has 2 heterocycles. The van der Waals surface area contributed by atoms with E-state index in [-0.39, 0.29) is 0 Å². The highest BCUT2D eigenvalue weighted by atomic mass is 15.0. The first kappa shape index (κ1) is 34.4. The number of fused-ring (bicyclic) bond motifs is 4. The van der Waals surface area contributed by atoms with Crippen LogP contribution < -0.4 is 0 Å². The second kappa shape index (κ2) is 14.2. The molecule has 0 saturated heterocycles. The van der Waals surface area contributed by atoms with Crippen LogP contribution in [0, 0.1) is 0 Å². The van der Waals surface area contributed by atoms with Gasteiger partial charge in [-0.25, -0.2) is 24.9 Å². The molecule has 0 amide bonds. The van der Waals surface area contributed by atoms with Gasteiger partial charge in [-0.05, 0) is 50.2 Å². The van der Waals surface area contributed by atoms with Crippen LogP contribution in [0.1, 0.15) is 22.4 Å². The number of hydrogen-bond donors (Lipinski definition) is 0. The van der Waals surface area contributed by atoms with Crippen LogP contribution in [0.15, 0.2) is 212 Å². The van der Waals surface area contributed by atoms with Crippen LogP contribution in [0.3, 0.4) is 0 Å². The Hall–Kier alpha value is -7.89. The Labute approximate surface area is 342 Å². The standard InChI is InChI=1S/C54H35N5/c1-5-17-37(18-6-1)50-57-51(38-19-7-2-8-20-38)59-52(58-50)39-31-29-36(30-32-39)42-33-34-46(44-26-14-13-25-43(42)44)53-55-35-47-45-27-15-16-28-48(45)54(49(47)56-53,40-21-9-3-10-22-40)41-23-11-4-12-24-41/h1-35H. The first-order valence-electron chi connectivity index (χ1n) is 19.8. The van der Waals surface area contributed by atoms with Gasteiger partial charge in [-0.3, -0.25) is 0 Å². The first-order valence-corrected chi connectivity index (χ1v) is 19.8. The normalized spacial score (nSPS) is 12.5. The predicted octanol–water partition coefficient (Wildman–Crippen LogP) is 12.5. The van der Waals surface area contributed by atoms with Gasteiger partial charge in [-0.2, -0.15) is 0 Å². The molecule has 8 aromatic carbocycles. The molecule has 276 valence electrons. The SMILES string of the molecule is c1ccc(-c2nc(-c3ccccc3)nc(-c3ccc(-c4ccc(-c5ncc6c(n5)C(c5ccccc5)(c5ccccc5)c5ccccc5-6)c5ccccc45)cc3)n2)cc1. The van der Waals surface area contributed by atoms with Crippen LogP contribution in [0.4, 0.5) is 0 Å². The van der Waals surface area contributed by atoms with Crippen LogP contribution >= 0.6 is 0 Å². The Morgan fingerprint density at radius 3 is 1.31 bits per heavy atom. The summed E-state index contributed by atoms with van der Waals surface area (Å²) in [5.74, 6) is 2.61. The van der Waals surface area contributed by atoms with Crippen LogP contribution in [-0.4, -0.2) is 24.9 Å². The van der Waals surface area contributed by atoms with Crippen molar-refractivity contribution in [3.05, 3.63) is 235 Å². The van der Waals surface area contributed by atoms with Gasteiger partial charge in [0.15, 0.2) is 23.3 Å². The van der Waals surface area contributed by atoms with E-state index in [1.165, 1.54) is 16.7 Å². The minimum atomic E-state index is -0.605. The van der Waals surface area contributed by atoms with E-state index in [2.05, 4.69) is 146 Å². The third-order valence-electron chi connectivity index (χ3n) is 11.5. The van der Waals surface area contributed by atoms with Crippen LogP contribution in [0.25, 0.3) is 78.6 Å². The molecule has 59 heavy (non-hydrogen) atoms. The van der Waals surface area contributed by atoms with Gasteiger partial charge in [0.05, 0.1) is 11.1 Å². The quantitative estimate of drug-likeness (QED) is 0.162. The maximum atomic E-state index is 5.57. The highest BCUT2D eigenvalue weighted by Gasteiger charge is 2.47. The summed E-state index contributed by atoms with van der Waals surface area (Å²) in [6.07, 6.45) is 2.03. The molecule has 0 N–H and O–H groups in total. The van der Waals surface area contributed by atoms with E-state index in [1.807, 2.05) is 66.9 Å². The summed E-state index contributed by atoms with van der Waals surface area (Å²) in [6, 6.07) is 71.8. The minimum Gasteiger partial charge on any atom is -0.236 e. The molecule has 0 saturated carbocycles. The predicted molar refractivity (Wildman–Crippen MR) is 237 cm³/mol. The lowest BCUT2D eigenvalue weighted by molar-refractivity contribution is 0.736. The van der Waals surface area contributed by atoms with Gasteiger partial charge in [-0.1, -0.05) is 200 Å². The molecule has 0 bridgehead atoms. The fourth-order valence-corrected chi connectivity index (χ4v) is 8.78. The van der Waals surface area contributed by atoms with E-state index >= 15 is 0 Å². The van der Waals surface area contributed by atoms with Gasteiger partial charge < -0.3 is 0 Å². The van der Waals surface area contributed by atoms with Crippen molar-refractivity contribution in [2.45, 2.75) is 5.41 Å². The zero-order valence-electron chi connectivity index (χ0n) is 31.9. The highest BCUT2D eigenvalue weighted by molar-refractivity contribution is 6.04. The molecule has 0 atom stereocenters. The molecule has 0 spiro atoms. The first-order chi connectivity index (χ1) is 29.3. The van der Waals surface area contributed by atoms with Gasteiger partial charge in [0.1, 0.15) is 0 Å². The fourth-order valence-electron chi connectivity index (χ4n) is 8.78. The number of benzene rings is 8. The van der Waals surface area contributed by atoms with Gasteiger partial charge in [-0.15, -0.1) is 0 Å². The summed E-state index contributed by atoms with van der Waals surface area (Å²) < 4.78 is 0. The van der Waals surface area contributed by atoms with E-state index in [0.29, 0.717) is 23.3 Å². The molecule has 0 aliphatic heterocycles. The van der Waals surface area contributed by atoms with Crippen molar-refractivity contribution < 1.29 is 0 Å². The second-order valence-corrected chi connectivity index (χ2v) is 14.8. The van der Waals surface area contributed by atoms with Crippen molar-refractivity contribution in [1.82, 2.24) is 24.9 Å². The molecule has 5 heteroatoms. The Morgan fingerprint density at radius 2 is 0.729 bits per heavy atom. The maximum absolute atomic E-state index is 5.57. The van der Waals surface area contributed by atoms with Gasteiger partial charge >= 0.3 is 0 Å². The number of rotatable bonds is 7. The van der Waals surface area contributed by atoms with E-state index in [4.69, 9.17) is 24.9 Å². The van der Waals surface area contributed by atoms with Gasteiger partial charge in [0.25, 0.3) is 0 Å². The Bertz CT molecular complexity index is 3030. The summed E-state index contributed by atoms with van der Waals surface area (Å²) in [5, 5.41) is 2.22. The molecular formula is C54H35N5. The summed E-state index contributed by atoms with van der Waals surface area (Å²) in [5.41, 5.74) is 12.2. The Kier molecular flexibility index (Phi) is 8.30. The molecule has 0 radical (unpaired) electrons. The molecule has 1 aliphatic rings. The lowest BCUT2D eigenvalue weighted by Gasteiger charge is -2.32. The zero-order chi connectivity index (χ0) is 39.2. The second-order valence-electron chi connectivity index (χ2n) is 14.8. The highest BCUT2D eigenvalue weighted by Crippen LogP contribution is 2.55. The summed E-state index contributed by atoms with van der Waals surface area (Å²) in [6.45, 7) is 0.